The lowest BCUT2D eigenvalue weighted by atomic mass is 9.86. The minimum absolute atomic E-state index is 0.166. The van der Waals surface area contributed by atoms with Crippen LogP contribution >= 0.6 is 0 Å². The molecule has 0 N–H and O–H groups in total. The molecular weight excluding hydrogens is 158 g/mol. The summed E-state index contributed by atoms with van der Waals surface area (Å²) in [5.41, 5.74) is 2.27. The molecule has 1 aromatic heterocycles. The van der Waals surface area contributed by atoms with Crippen molar-refractivity contribution in [3.63, 3.8) is 0 Å². The van der Waals surface area contributed by atoms with E-state index in [0.717, 1.165) is 17.8 Å². The molecule has 0 aliphatic carbocycles. The Morgan fingerprint density at radius 2 is 2.15 bits per heavy atom. The SMILES string of the molecule is C=Cc1cccc(C(C)(C)CC)n1. The van der Waals surface area contributed by atoms with Crippen molar-refractivity contribution in [3.8, 4) is 0 Å². The van der Waals surface area contributed by atoms with Crippen molar-refractivity contribution in [2.45, 2.75) is 32.6 Å². The molecule has 0 spiro atoms. The number of hydrogen-bond acceptors (Lipinski definition) is 1. The number of pyridine rings is 1. The first-order valence-electron chi connectivity index (χ1n) is 4.70. The molecule has 0 fully saturated rings. The summed E-state index contributed by atoms with van der Waals surface area (Å²) in [5.74, 6) is 0. The van der Waals surface area contributed by atoms with Crippen molar-refractivity contribution in [2.24, 2.45) is 0 Å². The summed E-state index contributed by atoms with van der Waals surface area (Å²) < 4.78 is 0. The Morgan fingerprint density at radius 3 is 2.69 bits per heavy atom. The molecule has 0 aliphatic heterocycles. The predicted octanol–water partition coefficient (Wildman–Crippen LogP) is 3.41. The number of aromatic nitrogens is 1. The van der Waals surface area contributed by atoms with Gasteiger partial charge in [0, 0.05) is 11.1 Å². The molecule has 1 rings (SSSR count). The fourth-order valence-electron chi connectivity index (χ4n) is 1.12. The first-order valence-corrected chi connectivity index (χ1v) is 4.70. The Kier molecular flexibility index (Phi) is 2.86. The van der Waals surface area contributed by atoms with Gasteiger partial charge in [-0.1, -0.05) is 33.4 Å². The molecule has 0 aliphatic rings. The van der Waals surface area contributed by atoms with Gasteiger partial charge in [-0.2, -0.15) is 0 Å². The molecule has 1 aromatic rings. The van der Waals surface area contributed by atoms with Crippen LogP contribution in [0.2, 0.25) is 0 Å². The Labute approximate surface area is 80.5 Å². The minimum Gasteiger partial charge on any atom is -0.253 e. The van der Waals surface area contributed by atoms with Gasteiger partial charge >= 0.3 is 0 Å². The van der Waals surface area contributed by atoms with Crippen LogP contribution in [0.25, 0.3) is 6.08 Å². The minimum atomic E-state index is 0.166. The lowest BCUT2D eigenvalue weighted by molar-refractivity contribution is 0.490. The highest BCUT2D eigenvalue weighted by Gasteiger charge is 2.19. The average molecular weight is 175 g/mol. The molecule has 0 unspecified atom stereocenters. The van der Waals surface area contributed by atoms with Crippen molar-refractivity contribution in [3.05, 3.63) is 36.2 Å². The lowest BCUT2D eigenvalue weighted by Crippen LogP contribution is -2.17. The summed E-state index contributed by atoms with van der Waals surface area (Å²) in [7, 11) is 0. The summed E-state index contributed by atoms with van der Waals surface area (Å²) in [6.07, 6.45) is 2.88. The van der Waals surface area contributed by atoms with Crippen molar-refractivity contribution in [1.82, 2.24) is 4.98 Å². The summed E-state index contributed by atoms with van der Waals surface area (Å²) >= 11 is 0. The molecule has 0 amide bonds. The van der Waals surface area contributed by atoms with E-state index in [4.69, 9.17) is 0 Å². The van der Waals surface area contributed by atoms with E-state index in [1.54, 1.807) is 6.08 Å². The molecule has 13 heavy (non-hydrogen) atoms. The third-order valence-corrected chi connectivity index (χ3v) is 2.56. The maximum absolute atomic E-state index is 4.52. The van der Waals surface area contributed by atoms with Gasteiger partial charge in [0.15, 0.2) is 0 Å². The predicted molar refractivity (Wildman–Crippen MR) is 57.6 cm³/mol. The van der Waals surface area contributed by atoms with Gasteiger partial charge in [-0.3, -0.25) is 4.98 Å². The van der Waals surface area contributed by atoms with Crippen molar-refractivity contribution >= 4 is 6.08 Å². The summed E-state index contributed by atoms with van der Waals surface area (Å²) in [4.78, 5) is 4.52. The Hall–Kier alpha value is -1.11. The van der Waals surface area contributed by atoms with E-state index in [-0.39, 0.29) is 5.41 Å². The molecule has 0 atom stereocenters. The first-order chi connectivity index (χ1) is 6.10. The number of hydrogen-bond donors (Lipinski definition) is 0. The Bertz CT molecular complexity index is 300. The van der Waals surface area contributed by atoms with Crippen LogP contribution in [0.1, 0.15) is 38.6 Å². The molecule has 1 heteroatoms. The van der Waals surface area contributed by atoms with E-state index >= 15 is 0 Å². The lowest BCUT2D eigenvalue weighted by Gasteiger charge is -2.21. The second-order valence-electron chi connectivity index (χ2n) is 3.89. The zero-order valence-electron chi connectivity index (χ0n) is 8.67. The topological polar surface area (TPSA) is 12.9 Å². The average Bonchev–Trinajstić information content (AvgIpc) is 2.18. The fraction of sp³-hybridized carbons (Fsp3) is 0.417. The molecular formula is C12H17N. The Balaban J connectivity index is 3.08. The van der Waals surface area contributed by atoms with E-state index in [0.29, 0.717) is 0 Å². The van der Waals surface area contributed by atoms with Gasteiger partial charge in [-0.25, -0.2) is 0 Å². The van der Waals surface area contributed by atoms with Crippen LogP contribution in [0.15, 0.2) is 24.8 Å². The van der Waals surface area contributed by atoms with Crippen molar-refractivity contribution in [1.29, 1.82) is 0 Å². The molecule has 1 nitrogen and oxygen atoms in total. The highest BCUT2D eigenvalue weighted by atomic mass is 14.7. The van der Waals surface area contributed by atoms with Crippen LogP contribution in [-0.4, -0.2) is 4.98 Å². The van der Waals surface area contributed by atoms with Gasteiger partial charge < -0.3 is 0 Å². The van der Waals surface area contributed by atoms with Gasteiger partial charge in [0.2, 0.25) is 0 Å². The molecule has 1 heterocycles. The third-order valence-electron chi connectivity index (χ3n) is 2.56. The van der Waals surface area contributed by atoms with Gasteiger partial charge in [-0.05, 0) is 24.6 Å². The highest BCUT2D eigenvalue weighted by molar-refractivity contribution is 5.42. The normalized spacial score (nSPS) is 11.3. The number of rotatable bonds is 3. The zero-order valence-corrected chi connectivity index (χ0v) is 8.67. The van der Waals surface area contributed by atoms with Crippen LogP contribution in [0.3, 0.4) is 0 Å². The molecule has 70 valence electrons. The standard InChI is InChI=1S/C12H17N/c1-5-10-8-7-9-11(13-10)12(3,4)6-2/h5,7-9H,1,6H2,2-4H3. The van der Waals surface area contributed by atoms with Gasteiger partial charge in [-0.15, -0.1) is 0 Å². The maximum Gasteiger partial charge on any atom is 0.0627 e. The van der Waals surface area contributed by atoms with E-state index in [2.05, 4.69) is 38.4 Å². The van der Waals surface area contributed by atoms with Crippen LogP contribution in [0, 0.1) is 0 Å². The van der Waals surface area contributed by atoms with Gasteiger partial charge in [0.05, 0.1) is 5.69 Å². The highest BCUT2D eigenvalue weighted by Crippen LogP contribution is 2.24. The van der Waals surface area contributed by atoms with Crippen molar-refractivity contribution in [2.75, 3.05) is 0 Å². The zero-order chi connectivity index (χ0) is 9.90. The largest absolute Gasteiger partial charge is 0.253 e. The van der Waals surface area contributed by atoms with E-state index in [1.165, 1.54) is 0 Å². The van der Waals surface area contributed by atoms with Crippen LogP contribution in [-0.2, 0) is 5.41 Å². The summed E-state index contributed by atoms with van der Waals surface area (Å²) in [6, 6.07) is 6.09. The fourth-order valence-corrected chi connectivity index (χ4v) is 1.12. The van der Waals surface area contributed by atoms with Crippen LogP contribution in [0.4, 0.5) is 0 Å². The molecule has 0 bridgehead atoms. The Morgan fingerprint density at radius 1 is 1.46 bits per heavy atom. The van der Waals surface area contributed by atoms with E-state index < -0.39 is 0 Å². The van der Waals surface area contributed by atoms with Gasteiger partial charge in [0.1, 0.15) is 0 Å². The summed E-state index contributed by atoms with van der Waals surface area (Å²) in [6.45, 7) is 10.3. The van der Waals surface area contributed by atoms with Crippen LogP contribution < -0.4 is 0 Å². The molecule has 0 radical (unpaired) electrons. The first kappa shape index (κ1) is 9.97. The van der Waals surface area contributed by atoms with E-state index in [9.17, 15) is 0 Å². The van der Waals surface area contributed by atoms with Gasteiger partial charge in [0.25, 0.3) is 0 Å². The molecule has 0 aromatic carbocycles. The monoisotopic (exact) mass is 175 g/mol. The number of nitrogens with zero attached hydrogens (tertiary/aromatic N) is 1. The molecule has 0 saturated carbocycles. The molecule has 0 saturated heterocycles. The third kappa shape index (κ3) is 2.18. The van der Waals surface area contributed by atoms with Crippen molar-refractivity contribution < 1.29 is 0 Å². The quantitative estimate of drug-likeness (QED) is 0.686. The smallest absolute Gasteiger partial charge is 0.0627 e. The second kappa shape index (κ2) is 3.73. The van der Waals surface area contributed by atoms with E-state index in [1.807, 2.05) is 12.1 Å². The maximum atomic E-state index is 4.52. The second-order valence-corrected chi connectivity index (χ2v) is 3.89. The van der Waals surface area contributed by atoms with Crippen LogP contribution in [0.5, 0.6) is 0 Å². The summed E-state index contributed by atoms with van der Waals surface area (Å²) in [5, 5.41) is 0.